The van der Waals surface area contributed by atoms with Crippen molar-refractivity contribution in [3.8, 4) is 0 Å². The van der Waals surface area contributed by atoms with Gasteiger partial charge in [0.25, 0.3) is 0 Å². The summed E-state index contributed by atoms with van der Waals surface area (Å²) in [5, 5.41) is 18.2. The molecular formula is C35H67O10P. The lowest BCUT2D eigenvalue weighted by Gasteiger charge is -2.20. The average molecular weight is 679 g/mol. The number of unbranched alkanes of at least 4 members (excludes halogenated alkanes) is 18. The van der Waals surface area contributed by atoms with E-state index >= 15 is 0 Å². The Morgan fingerprint density at radius 2 is 1.07 bits per heavy atom. The molecule has 0 radical (unpaired) electrons. The minimum absolute atomic E-state index is 0.183. The number of rotatable bonds is 34. The Hall–Kier alpha value is -1.29. The first kappa shape index (κ1) is 44.7. The predicted molar refractivity (Wildman–Crippen MR) is 182 cm³/mol. The molecule has 0 aromatic carbocycles. The molecule has 0 aromatic rings. The Morgan fingerprint density at radius 3 is 1.61 bits per heavy atom. The van der Waals surface area contributed by atoms with Crippen LogP contribution < -0.4 is 0 Å². The molecule has 272 valence electrons. The summed E-state index contributed by atoms with van der Waals surface area (Å²) in [5.74, 6) is -0.952. The Bertz CT molecular complexity index is 791. The molecule has 0 bridgehead atoms. The zero-order chi connectivity index (χ0) is 34.1. The maximum atomic E-state index is 12.4. The van der Waals surface area contributed by atoms with Crippen molar-refractivity contribution in [2.45, 2.75) is 174 Å². The third-order valence-electron chi connectivity index (χ3n) is 7.67. The summed E-state index contributed by atoms with van der Waals surface area (Å²) in [6, 6.07) is 0. The summed E-state index contributed by atoms with van der Waals surface area (Å²) >= 11 is 0. The molecule has 46 heavy (non-hydrogen) atoms. The summed E-state index contributed by atoms with van der Waals surface area (Å²) in [6.07, 6.45) is 26.3. The van der Waals surface area contributed by atoms with Gasteiger partial charge in [-0.2, -0.15) is 0 Å². The topological polar surface area (TPSA) is 149 Å². The largest absolute Gasteiger partial charge is 0.472 e. The number of phosphoric acid groups is 1. The highest BCUT2D eigenvalue weighted by Gasteiger charge is 2.27. The molecule has 0 aromatic heterocycles. The van der Waals surface area contributed by atoms with Crippen LogP contribution in [0.5, 0.6) is 0 Å². The first-order valence-electron chi connectivity index (χ1n) is 18.1. The van der Waals surface area contributed by atoms with Crippen molar-refractivity contribution in [1.29, 1.82) is 0 Å². The molecule has 0 saturated carbocycles. The monoisotopic (exact) mass is 678 g/mol. The molecule has 0 aliphatic rings. The van der Waals surface area contributed by atoms with Gasteiger partial charge in [-0.15, -0.1) is 0 Å². The van der Waals surface area contributed by atoms with E-state index in [1.54, 1.807) is 0 Å². The van der Waals surface area contributed by atoms with Crippen LogP contribution in [0.25, 0.3) is 0 Å². The van der Waals surface area contributed by atoms with Crippen LogP contribution in [0.15, 0.2) is 12.2 Å². The van der Waals surface area contributed by atoms with E-state index in [0.717, 1.165) is 38.5 Å². The second kappa shape index (κ2) is 32.3. The van der Waals surface area contributed by atoms with Crippen LogP contribution >= 0.6 is 7.82 Å². The summed E-state index contributed by atoms with van der Waals surface area (Å²) < 4.78 is 32.4. The molecule has 3 N–H and O–H groups in total. The summed E-state index contributed by atoms with van der Waals surface area (Å²) in [4.78, 5) is 34.6. The molecule has 0 heterocycles. The SMILES string of the molecule is CCCCCCCCCCC/C=C/CCCCC(=O)OC[C@@H](COP(=O)(O)OC[C@H](O)CO)OC(=O)CCCCCCCCCC. The summed E-state index contributed by atoms with van der Waals surface area (Å²) in [6.45, 7) is 2.30. The molecule has 11 heteroatoms. The van der Waals surface area contributed by atoms with Gasteiger partial charge in [-0.05, 0) is 38.5 Å². The number of esters is 2. The summed E-state index contributed by atoms with van der Waals surface area (Å²) in [5.41, 5.74) is 0. The van der Waals surface area contributed by atoms with Crippen molar-refractivity contribution < 1.29 is 47.8 Å². The Labute approximate surface area is 279 Å². The quantitative estimate of drug-likeness (QED) is 0.0262. The number of phosphoric ester groups is 1. The number of aliphatic hydroxyl groups is 2. The zero-order valence-electron chi connectivity index (χ0n) is 29.0. The maximum Gasteiger partial charge on any atom is 0.472 e. The molecule has 0 saturated heterocycles. The van der Waals surface area contributed by atoms with E-state index in [1.165, 1.54) is 83.5 Å². The highest BCUT2D eigenvalue weighted by molar-refractivity contribution is 7.47. The number of hydrogen-bond acceptors (Lipinski definition) is 9. The van der Waals surface area contributed by atoms with Gasteiger partial charge < -0.3 is 24.6 Å². The second-order valence-electron chi connectivity index (χ2n) is 12.3. The van der Waals surface area contributed by atoms with Gasteiger partial charge in [-0.1, -0.05) is 122 Å². The van der Waals surface area contributed by atoms with Crippen LogP contribution in [0, 0.1) is 0 Å². The van der Waals surface area contributed by atoms with Crippen molar-refractivity contribution in [3.63, 3.8) is 0 Å². The first-order valence-corrected chi connectivity index (χ1v) is 19.6. The van der Waals surface area contributed by atoms with Crippen molar-refractivity contribution in [2.75, 3.05) is 26.4 Å². The van der Waals surface area contributed by atoms with E-state index in [1.807, 2.05) is 0 Å². The molecule has 0 rings (SSSR count). The van der Waals surface area contributed by atoms with Gasteiger partial charge in [0, 0.05) is 12.8 Å². The summed E-state index contributed by atoms with van der Waals surface area (Å²) in [7, 11) is -4.60. The van der Waals surface area contributed by atoms with Gasteiger partial charge in [-0.25, -0.2) is 4.57 Å². The van der Waals surface area contributed by atoms with Gasteiger partial charge >= 0.3 is 19.8 Å². The fraction of sp³-hybridized carbons (Fsp3) is 0.886. The van der Waals surface area contributed by atoms with Gasteiger partial charge in [-0.3, -0.25) is 18.6 Å². The number of carbonyl (C=O) groups excluding carboxylic acids is 2. The lowest BCUT2D eigenvalue weighted by molar-refractivity contribution is -0.161. The lowest BCUT2D eigenvalue weighted by atomic mass is 10.1. The lowest BCUT2D eigenvalue weighted by Crippen LogP contribution is -2.29. The number of carbonyl (C=O) groups is 2. The third-order valence-corrected chi connectivity index (χ3v) is 8.62. The highest BCUT2D eigenvalue weighted by Crippen LogP contribution is 2.43. The number of ether oxygens (including phenoxy) is 2. The Balaban J connectivity index is 4.35. The van der Waals surface area contributed by atoms with Crippen molar-refractivity contribution in [2.24, 2.45) is 0 Å². The molecule has 0 fully saturated rings. The molecule has 0 amide bonds. The molecule has 0 aliphatic heterocycles. The molecular weight excluding hydrogens is 611 g/mol. The van der Waals surface area contributed by atoms with E-state index in [9.17, 15) is 24.2 Å². The van der Waals surface area contributed by atoms with E-state index in [4.69, 9.17) is 19.1 Å². The fourth-order valence-corrected chi connectivity index (χ4v) is 5.60. The average Bonchev–Trinajstić information content (AvgIpc) is 3.04. The molecule has 3 atom stereocenters. The van der Waals surface area contributed by atoms with Crippen molar-refractivity contribution in [1.82, 2.24) is 0 Å². The van der Waals surface area contributed by atoms with Crippen molar-refractivity contribution >= 4 is 19.8 Å². The first-order chi connectivity index (χ1) is 22.2. The second-order valence-corrected chi connectivity index (χ2v) is 13.7. The Morgan fingerprint density at radius 1 is 0.630 bits per heavy atom. The minimum Gasteiger partial charge on any atom is -0.462 e. The molecule has 0 spiro atoms. The number of aliphatic hydroxyl groups excluding tert-OH is 2. The van der Waals surface area contributed by atoms with Crippen molar-refractivity contribution in [3.05, 3.63) is 12.2 Å². The van der Waals surface area contributed by atoms with Crippen LogP contribution in [-0.4, -0.2) is 65.7 Å². The van der Waals surface area contributed by atoms with Crippen LogP contribution in [0.2, 0.25) is 0 Å². The molecule has 1 unspecified atom stereocenters. The normalized spacial score (nSPS) is 14.3. The minimum atomic E-state index is -4.60. The maximum absolute atomic E-state index is 12.4. The number of allylic oxidation sites excluding steroid dienone is 2. The smallest absolute Gasteiger partial charge is 0.462 e. The zero-order valence-corrected chi connectivity index (χ0v) is 29.9. The van der Waals surface area contributed by atoms with Crippen LogP contribution in [-0.2, 0) is 32.7 Å². The van der Waals surface area contributed by atoms with Crippen LogP contribution in [0.4, 0.5) is 0 Å². The van der Waals surface area contributed by atoms with E-state index in [0.29, 0.717) is 12.8 Å². The van der Waals surface area contributed by atoms with Gasteiger partial charge in [0.05, 0.1) is 19.8 Å². The van der Waals surface area contributed by atoms with E-state index in [2.05, 4.69) is 30.5 Å². The third kappa shape index (κ3) is 31.3. The predicted octanol–water partition coefficient (Wildman–Crippen LogP) is 8.50. The van der Waals surface area contributed by atoms with Gasteiger partial charge in [0.1, 0.15) is 12.7 Å². The van der Waals surface area contributed by atoms with Crippen LogP contribution in [0.1, 0.15) is 162 Å². The number of hydrogen-bond donors (Lipinski definition) is 3. The molecule has 0 aliphatic carbocycles. The fourth-order valence-electron chi connectivity index (χ4n) is 4.81. The Kier molecular flexibility index (Phi) is 31.4. The highest BCUT2D eigenvalue weighted by atomic mass is 31.2. The van der Waals surface area contributed by atoms with Gasteiger partial charge in [0.15, 0.2) is 6.10 Å². The van der Waals surface area contributed by atoms with E-state index in [-0.39, 0.29) is 19.4 Å². The van der Waals surface area contributed by atoms with E-state index < -0.39 is 51.8 Å². The van der Waals surface area contributed by atoms with Crippen LogP contribution in [0.3, 0.4) is 0 Å². The molecule has 10 nitrogen and oxygen atoms in total. The van der Waals surface area contributed by atoms with Gasteiger partial charge in [0.2, 0.25) is 0 Å². The standard InChI is InChI=1S/C35H67O10P/c1-3-5-7-9-11-13-14-15-16-17-18-19-21-22-24-26-34(38)42-30-33(31-44-46(40,41)43-29-32(37)28-36)45-35(39)27-25-23-20-12-10-8-6-4-2/h18-19,32-33,36-37H,3-17,20-31H2,1-2H3,(H,40,41)/b19-18+/t32-,33+/m1/s1.